The summed E-state index contributed by atoms with van der Waals surface area (Å²) in [5.74, 6) is 0.366. The minimum absolute atomic E-state index is 0.366. The van der Waals surface area contributed by atoms with Crippen molar-refractivity contribution in [3.05, 3.63) is 40.4 Å². The third-order valence-electron chi connectivity index (χ3n) is 2.15. The Kier molecular flexibility index (Phi) is 2.55. The molecule has 1 aromatic carbocycles. The zero-order chi connectivity index (χ0) is 11.0. The van der Waals surface area contributed by atoms with Gasteiger partial charge in [-0.1, -0.05) is 35.9 Å². The summed E-state index contributed by atoms with van der Waals surface area (Å²) in [7, 11) is 0. The smallest absolute Gasteiger partial charge is 0.132 e. The van der Waals surface area contributed by atoms with E-state index in [1.807, 2.05) is 6.07 Å². The summed E-state index contributed by atoms with van der Waals surface area (Å²) in [6, 6.07) is 5.31. The summed E-state index contributed by atoms with van der Waals surface area (Å²) >= 11 is 12.0. The molecule has 0 aliphatic heterocycles. The van der Waals surface area contributed by atoms with Crippen LogP contribution in [-0.4, -0.2) is 4.98 Å². The highest BCUT2D eigenvalue weighted by Crippen LogP contribution is 2.31. The van der Waals surface area contributed by atoms with Crippen LogP contribution in [0.3, 0.4) is 0 Å². The standard InChI is InChI=1S/C11H8Cl2N2/c1-2-7-10(13)8-4-3-6(12)5-9(8)15-11(7)14/h2-5H,1H2,(H2,14,15). The number of fused-ring (bicyclic) bond motifs is 1. The van der Waals surface area contributed by atoms with E-state index in [4.69, 9.17) is 28.9 Å². The van der Waals surface area contributed by atoms with Gasteiger partial charge in [0.2, 0.25) is 0 Å². The van der Waals surface area contributed by atoms with Gasteiger partial charge in [0.05, 0.1) is 10.5 Å². The maximum atomic E-state index is 6.16. The minimum atomic E-state index is 0.366. The maximum Gasteiger partial charge on any atom is 0.132 e. The molecule has 0 saturated carbocycles. The molecule has 0 radical (unpaired) electrons. The van der Waals surface area contributed by atoms with Crippen molar-refractivity contribution in [3.8, 4) is 0 Å². The molecule has 0 aliphatic rings. The average Bonchev–Trinajstić information content (AvgIpc) is 2.17. The number of nitrogens with two attached hydrogens (primary N) is 1. The van der Waals surface area contributed by atoms with Crippen LogP contribution in [0.1, 0.15) is 5.56 Å². The molecule has 0 bridgehead atoms. The van der Waals surface area contributed by atoms with Crippen molar-refractivity contribution in [1.82, 2.24) is 4.98 Å². The number of hydrogen-bond donors (Lipinski definition) is 1. The van der Waals surface area contributed by atoms with Crippen LogP contribution >= 0.6 is 23.2 Å². The van der Waals surface area contributed by atoms with Crippen LogP contribution in [-0.2, 0) is 0 Å². The molecular weight excluding hydrogens is 231 g/mol. The van der Waals surface area contributed by atoms with E-state index in [9.17, 15) is 0 Å². The van der Waals surface area contributed by atoms with Gasteiger partial charge >= 0.3 is 0 Å². The highest BCUT2D eigenvalue weighted by molar-refractivity contribution is 6.37. The molecule has 2 nitrogen and oxygen atoms in total. The fourth-order valence-electron chi connectivity index (χ4n) is 1.42. The predicted molar refractivity (Wildman–Crippen MR) is 66.3 cm³/mol. The summed E-state index contributed by atoms with van der Waals surface area (Å²) in [6.45, 7) is 3.65. The molecular formula is C11H8Cl2N2. The predicted octanol–water partition coefficient (Wildman–Crippen LogP) is 3.77. The molecule has 1 heterocycles. The SMILES string of the molecule is C=Cc1c(N)nc2cc(Cl)ccc2c1Cl. The molecule has 4 heteroatoms. The molecule has 15 heavy (non-hydrogen) atoms. The lowest BCUT2D eigenvalue weighted by atomic mass is 10.1. The molecule has 0 saturated heterocycles. The number of pyridine rings is 1. The van der Waals surface area contributed by atoms with Crippen molar-refractivity contribution in [3.63, 3.8) is 0 Å². The van der Waals surface area contributed by atoms with E-state index in [1.165, 1.54) is 0 Å². The van der Waals surface area contributed by atoms with Gasteiger partial charge in [0, 0.05) is 16.0 Å². The Labute approximate surface area is 97.3 Å². The fourth-order valence-corrected chi connectivity index (χ4v) is 1.92. The quantitative estimate of drug-likeness (QED) is 0.822. The van der Waals surface area contributed by atoms with Crippen molar-refractivity contribution in [1.29, 1.82) is 0 Å². The second kappa shape index (κ2) is 3.72. The third-order valence-corrected chi connectivity index (χ3v) is 2.80. The molecule has 2 N–H and O–H groups in total. The first kappa shape index (κ1) is 10.3. The van der Waals surface area contributed by atoms with Crippen molar-refractivity contribution in [2.45, 2.75) is 0 Å². The van der Waals surface area contributed by atoms with Crippen molar-refractivity contribution in [2.24, 2.45) is 0 Å². The van der Waals surface area contributed by atoms with E-state index in [1.54, 1.807) is 18.2 Å². The minimum Gasteiger partial charge on any atom is -0.383 e. The van der Waals surface area contributed by atoms with Crippen molar-refractivity contribution < 1.29 is 0 Å². The second-order valence-corrected chi connectivity index (χ2v) is 3.90. The zero-order valence-corrected chi connectivity index (χ0v) is 9.31. The lowest BCUT2D eigenvalue weighted by Crippen LogP contribution is -1.95. The summed E-state index contributed by atoms with van der Waals surface area (Å²) in [4.78, 5) is 4.21. The summed E-state index contributed by atoms with van der Waals surface area (Å²) in [6.07, 6.45) is 1.60. The van der Waals surface area contributed by atoms with Crippen LogP contribution in [0.5, 0.6) is 0 Å². The van der Waals surface area contributed by atoms with Gasteiger partial charge in [0.15, 0.2) is 0 Å². The summed E-state index contributed by atoms with van der Waals surface area (Å²) < 4.78 is 0. The van der Waals surface area contributed by atoms with E-state index in [0.29, 0.717) is 26.9 Å². The number of nitrogens with zero attached hydrogens (tertiary/aromatic N) is 1. The number of nitrogen functional groups attached to an aromatic ring is 1. The van der Waals surface area contributed by atoms with Gasteiger partial charge in [-0.2, -0.15) is 0 Å². The van der Waals surface area contributed by atoms with E-state index < -0.39 is 0 Å². The van der Waals surface area contributed by atoms with Gasteiger partial charge in [-0.05, 0) is 18.2 Å². The average molecular weight is 239 g/mol. The Morgan fingerprint density at radius 3 is 2.73 bits per heavy atom. The monoisotopic (exact) mass is 238 g/mol. The lowest BCUT2D eigenvalue weighted by Gasteiger charge is -2.06. The number of rotatable bonds is 1. The molecule has 0 aliphatic carbocycles. The molecule has 0 amide bonds. The Balaban J connectivity index is 2.90. The Morgan fingerprint density at radius 1 is 1.33 bits per heavy atom. The molecule has 0 fully saturated rings. The second-order valence-electron chi connectivity index (χ2n) is 3.09. The fraction of sp³-hybridized carbons (Fsp3) is 0. The Hall–Kier alpha value is -1.25. The molecule has 2 rings (SSSR count). The number of anilines is 1. The number of hydrogen-bond acceptors (Lipinski definition) is 2. The number of benzene rings is 1. The summed E-state index contributed by atoms with van der Waals surface area (Å²) in [5, 5.41) is 1.99. The first-order valence-corrected chi connectivity index (χ1v) is 5.05. The van der Waals surface area contributed by atoms with Gasteiger partial charge in [0.25, 0.3) is 0 Å². The highest BCUT2D eigenvalue weighted by Gasteiger charge is 2.08. The van der Waals surface area contributed by atoms with Gasteiger partial charge in [0.1, 0.15) is 5.82 Å². The van der Waals surface area contributed by atoms with Gasteiger partial charge in [-0.25, -0.2) is 4.98 Å². The summed E-state index contributed by atoms with van der Waals surface area (Å²) in [5.41, 5.74) is 7.09. The normalized spacial score (nSPS) is 10.5. The van der Waals surface area contributed by atoms with Crippen LogP contribution in [0.4, 0.5) is 5.82 Å². The van der Waals surface area contributed by atoms with E-state index in [-0.39, 0.29) is 0 Å². The topological polar surface area (TPSA) is 38.9 Å². The van der Waals surface area contributed by atoms with Crippen molar-refractivity contribution >= 4 is 46.0 Å². The maximum absolute atomic E-state index is 6.16. The van der Waals surface area contributed by atoms with Crippen LogP contribution in [0.25, 0.3) is 17.0 Å². The highest BCUT2D eigenvalue weighted by atomic mass is 35.5. The number of aromatic nitrogens is 1. The van der Waals surface area contributed by atoms with Gasteiger partial charge in [-0.3, -0.25) is 0 Å². The van der Waals surface area contributed by atoms with E-state index in [2.05, 4.69) is 11.6 Å². The van der Waals surface area contributed by atoms with Crippen LogP contribution in [0.15, 0.2) is 24.8 Å². The van der Waals surface area contributed by atoms with Crippen LogP contribution < -0.4 is 5.73 Å². The van der Waals surface area contributed by atoms with E-state index >= 15 is 0 Å². The number of halogens is 2. The zero-order valence-electron chi connectivity index (χ0n) is 7.80. The van der Waals surface area contributed by atoms with Gasteiger partial charge in [-0.15, -0.1) is 0 Å². The lowest BCUT2D eigenvalue weighted by molar-refractivity contribution is 1.40. The van der Waals surface area contributed by atoms with Crippen molar-refractivity contribution in [2.75, 3.05) is 5.73 Å². The van der Waals surface area contributed by atoms with Crippen LogP contribution in [0.2, 0.25) is 10.0 Å². The van der Waals surface area contributed by atoms with Crippen LogP contribution in [0, 0.1) is 0 Å². The molecule has 1 aromatic heterocycles. The van der Waals surface area contributed by atoms with Gasteiger partial charge < -0.3 is 5.73 Å². The largest absolute Gasteiger partial charge is 0.383 e. The first-order valence-electron chi connectivity index (χ1n) is 4.30. The first-order chi connectivity index (χ1) is 7.13. The molecule has 0 atom stereocenters. The molecule has 0 unspecified atom stereocenters. The Morgan fingerprint density at radius 2 is 2.07 bits per heavy atom. The molecule has 76 valence electrons. The molecule has 2 aromatic rings. The van der Waals surface area contributed by atoms with E-state index in [0.717, 1.165) is 5.39 Å². The Bertz CT molecular complexity index is 550. The third kappa shape index (κ3) is 1.66. The molecule has 0 spiro atoms.